The molecule has 2 heteroatoms. The van der Waals surface area contributed by atoms with Crippen molar-refractivity contribution in [3.8, 4) is 0 Å². The maximum atomic E-state index is 2.45. The van der Waals surface area contributed by atoms with Crippen LogP contribution in [-0.4, -0.2) is 35.4 Å². The van der Waals surface area contributed by atoms with Crippen LogP contribution in [0.5, 0.6) is 0 Å². The van der Waals surface area contributed by atoms with Gasteiger partial charge in [-0.15, -0.1) is 0 Å². The summed E-state index contributed by atoms with van der Waals surface area (Å²) in [6.45, 7) is 8.04. The van der Waals surface area contributed by atoms with Crippen molar-refractivity contribution >= 4 is 6.34 Å². The number of unbranched alkanes of at least 4 members (excludes halogenated alkanes) is 6. The minimum Gasteiger partial charge on any atom is -0.264 e. The second-order valence-electron chi connectivity index (χ2n) is 5.35. The minimum absolute atomic E-state index is 1.09. The van der Waals surface area contributed by atoms with E-state index >= 15 is 0 Å². The van der Waals surface area contributed by atoms with Gasteiger partial charge in [0.2, 0.25) is 6.34 Å². The van der Waals surface area contributed by atoms with Crippen molar-refractivity contribution in [3.63, 3.8) is 0 Å². The molecule has 0 N–H and O–H groups in total. The Balaban J connectivity index is 2.17. The molecule has 0 saturated heterocycles. The molecule has 0 amide bonds. The molecule has 1 rings (SSSR count). The molecule has 0 aromatic carbocycles. The van der Waals surface area contributed by atoms with Gasteiger partial charge in [0, 0.05) is 0 Å². The molecule has 2 nitrogen and oxygen atoms in total. The number of hydrogen-bond acceptors (Lipinski definition) is 1. The third-order valence-corrected chi connectivity index (χ3v) is 3.52. The van der Waals surface area contributed by atoms with Crippen LogP contribution >= 0.6 is 0 Å². The fourth-order valence-electron chi connectivity index (χ4n) is 2.36. The van der Waals surface area contributed by atoms with E-state index in [9.17, 15) is 0 Å². The normalized spacial score (nSPS) is 15.0. The van der Waals surface area contributed by atoms with E-state index in [1.807, 2.05) is 0 Å². The Kier molecular flexibility index (Phi) is 8.62. The first kappa shape index (κ1) is 15.3. The molecule has 18 heavy (non-hydrogen) atoms. The van der Waals surface area contributed by atoms with Crippen LogP contribution in [-0.2, 0) is 0 Å². The SMILES string of the molecule is CCCCCCN1C=[N+](CCCCCC)C=CC1. The molecule has 1 aliphatic heterocycles. The monoisotopic (exact) mass is 251 g/mol. The van der Waals surface area contributed by atoms with E-state index in [4.69, 9.17) is 0 Å². The van der Waals surface area contributed by atoms with Crippen LogP contribution in [0.3, 0.4) is 0 Å². The van der Waals surface area contributed by atoms with Gasteiger partial charge in [-0.2, -0.15) is 0 Å². The number of hydrogen-bond donors (Lipinski definition) is 0. The van der Waals surface area contributed by atoms with Gasteiger partial charge in [-0.25, -0.2) is 4.58 Å². The van der Waals surface area contributed by atoms with E-state index in [2.05, 4.69) is 41.9 Å². The van der Waals surface area contributed by atoms with Crippen LogP contribution in [0.1, 0.15) is 65.2 Å². The van der Waals surface area contributed by atoms with E-state index < -0.39 is 0 Å². The highest BCUT2D eigenvalue weighted by molar-refractivity contribution is 5.50. The number of nitrogens with zero attached hydrogens (tertiary/aromatic N) is 2. The zero-order chi connectivity index (χ0) is 13.1. The lowest BCUT2D eigenvalue weighted by Gasteiger charge is -2.16. The first-order chi connectivity index (χ1) is 8.86. The van der Waals surface area contributed by atoms with E-state index in [0.717, 1.165) is 6.54 Å². The third-order valence-electron chi connectivity index (χ3n) is 3.52. The van der Waals surface area contributed by atoms with Crippen molar-refractivity contribution < 1.29 is 4.58 Å². The van der Waals surface area contributed by atoms with Gasteiger partial charge in [-0.05, 0) is 31.8 Å². The second kappa shape index (κ2) is 10.2. The smallest absolute Gasteiger partial charge is 0.239 e. The van der Waals surface area contributed by atoms with E-state index in [0.29, 0.717) is 0 Å². The van der Waals surface area contributed by atoms with E-state index in [-0.39, 0.29) is 0 Å². The van der Waals surface area contributed by atoms with Crippen LogP contribution in [0.4, 0.5) is 0 Å². The molecular formula is C16H31N2+. The Morgan fingerprint density at radius 3 is 2.39 bits per heavy atom. The summed E-state index contributed by atoms with van der Waals surface area (Å²) >= 11 is 0. The molecule has 104 valence electrons. The molecule has 0 aromatic heterocycles. The summed E-state index contributed by atoms with van der Waals surface area (Å²) in [6, 6.07) is 0. The average Bonchev–Trinajstić information content (AvgIpc) is 2.40. The summed E-state index contributed by atoms with van der Waals surface area (Å²) in [5.41, 5.74) is 0. The Morgan fingerprint density at radius 2 is 1.67 bits per heavy atom. The van der Waals surface area contributed by atoms with Crippen molar-refractivity contribution in [2.24, 2.45) is 0 Å². The van der Waals surface area contributed by atoms with Crippen molar-refractivity contribution in [2.45, 2.75) is 65.2 Å². The molecule has 1 heterocycles. The molecule has 0 aliphatic carbocycles. The highest BCUT2D eigenvalue weighted by Gasteiger charge is 2.10. The standard InChI is InChI=1S/C16H31N2/c1-3-5-7-9-12-17-14-11-15-18(16-17)13-10-8-6-4-2/h11,14,16H,3-10,12-13,15H2,1-2H3/q+1. The van der Waals surface area contributed by atoms with E-state index in [1.54, 1.807) is 0 Å². The van der Waals surface area contributed by atoms with Crippen LogP contribution in [0, 0.1) is 0 Å². The average molecular weight is 251 g/mol. The molecule has 1 aliphatic rings. The van der Waals surface area contributed by atoms with Crippen LogP contribution < -0.4 is 0 Å². The molecule has 0 aromatic rings. The van der Waals surface area contributed by atoms with Gasteiger partial charge in [0.05, 0.1) is 19.3 Å². The topological polar surface area (TPSA) is 6.25 Å². The molecule has 0 bridgehead atoms. The van der Waals surface area contributed by atoms with Gasteiger partial charge in [-0.3, -0.25) is 4.90 Å². The van der Waals surface area contributed by atoms with Crippen LogP contribution in [0.15, 0.2) is 12.3 Å². The van der Waals surface area contributed by atoms with Crippen molar-refractivity contribution in [2.75, 3.05) is 19.6 Å². The molecule has 0 spiro atoms. The van der Waals surface area contributed by atoms with Crippen LogP contribution in [0.2, 0.25) is 0 Å². The zero-order valence-corrected chi connectivity index (χ0v) is 12.4. The highest BCUT2D eigenvalue weighted by atomic mass is 15.2. The lowest BCUT2D eigenvalue weighted by molar-refractivity contribution is -0.460. The molecular weight excluding hydrogens is 220 g/mol. The predicted octanol–water partition coefficient (Wildman–Crippen LogP) is 4.02. The Hall–Kier alpha value is -0.790. The first-order valence-electron chi connectivity index (χ1n) is 7.88. The van der Waals surface area contributed by atoms with Crippen LogP contribution in [0.25, 0.3) is 0 Å². The zero-order valence-electron chi connectivity index (χ0n) is 12.4. The number of rotatable bonds is 10. The van der Waals surface area contributed by atoms with Gasteiger partial charge in [0.15, 0.2) is 0 Å². The third kappa shape index (κ3) is 6.83. The van der Waals surface area contributed by atoms with Crippen molar-refractivity contribution in [1.29, 1.82) is 0 Å². The molecule has 0 atom stereocenters. The summed E-state index contributed by atoms with van der Waals surface area (Å²) in [6.07, 6.45) is 17.7. The largest absolute Gasteiger partial charge is 0.264 e. The second-order valence-corrected chi connectivity index (χ2v) is 5.35. The molecule has 0 unspecified atom stereocenters. The maximum Gasteiger partial charge on any atom is 0.239 e. The van der Waals surface area contributed by atoms with E-state index in [1.165, 1.54) is 64.5 Å². The minimum atomic E-state index is 1.09. The van der Waals surface area contributed by atoms with Gasteiger partial charge < -0.3 is 0 Å². The molecule has 0 fully saturated rings. The van der Waals surface area contributed by atoms with Crippen molar-refractivity contribution in [1.82, 2.24) is 4.90 Å². The first-order valence-corrected chi connectivity index (χ1v) is 7.88. The van der Waals surface area contributed by atoms with Gasteiger partial charge >= 0.3 is 0 Å². The summed E-state index contributed by atoms with van der Waals surface area (Å²) in [4.78, 5) is 2.45. The Bertz CT molecular complexity index is 256. The lowest BCUT2D eigenvalue weighted by Crippen LogP contribution is -2.31. The Labute approximate surface area is 113 Å². The highest BCUT2D eigenvalue weighted by Crippen LogP contribution is 2.04. The van der Waals surface area contributed by atoms with Crippen molar-refractivity contribution in [3.05, 3.63) is 12.3 Å². The quantitative estimate of drug-likeness (QED) is 0.420. The summed E-state index contributed by atoms with van der Waals surface area (Å²) in [7, 11) is 0. The molecule has 0 saturated carbocycles. The summed E-state index contributed by atoms with van der Waals surface area (Å²) in [5.74, 6) is 0. The van der Waals surface area contributed by atoms with Gasteiger partial charge in [0.1, 0.15) is 6.54 Å². The maximum absolute atomic E-state index is 2.45. The fourth-order valence-corrected chi connectivity index (χ4v) is 2.36. The van der Waals surface area contributed by atoms with Gasteiger partial charge in [0.25, 0.3) is 0 Å². The summed E-state index contributed by atoms with van der Waals surface area (Å²) < 4.78 is 2.36. The summed E-state index contributed by atoms with van der Waals surface area (Å²) in [5, 5.41) is 0. The fraction of sp³-hybridized carbons (Fsp3) is 0.812. The Morgan fingerprint density at radius 1 is 0.944 bits per heavy atom. The predicted molar refractivity (Wildman–Crippen MR) is 80.2 cm³/mol. The lowest BCUT2D eigenvalue weighted by atomic mass is 10.2. The van der Waals surface area contributed by atoms with Gasteiger partial charge in [-0.1, -0.05) is 39.5 Å². The molecule has 0 radical (unpaired) electrons.